The second kappa shape index (κ2) is 7.77. The fourth-order valence-electron chi connectivity index (χ4n) is 2.53. The van der Waals surface area contributed by atoms with Gasteiger partial charge in [-0.25, -0.2) is 4.79 Å². The summed E-state index contributed by atoms with van der Waals surface area (Å²) in [5.41, 5.74) is 1.69. The van der Waals surface area contributed by atoms with Gasteiger partial charge in [0, 0.05) is 18.0 Å². The fourth-order valence-corrected chi connectivity index (χ4v) is 2.53. The topological polar surface area (TPSA) is 81.7 Å². The third kappa shape index (κ3) is 4.22. The van der Waals surface area contributed by atoms with Crippen molar-refractivity contribution in [1.29, 1.82) is 0 Å². The van der Waals surface area contributed by atoms with Gasteiger partial charge in [0.1, 0.15) is 0 Å². The SMILES string of the molecule is CC1=C(C(=O)OCOC(=O)C(C)C)[C@H](c2ccccc2)CC(=O)N1. The molecule has 0 fully saturated rings. The second-order valence-electron chi connectivity index (χ2n) is 5.92. The predicted molar refractivity (Wildman–Crippen MR) is 86.5 cm³/mol. The van der Waals surface area contributed by atoms with Crippen molar-refractivity contribution < 1.29 is 23.9 Å². The van der Waals surface area contributed by atoms with E-state index in [9.17, 15) is 14.4 Å². The van der Waals surface area contributed by atoms with Crippen LogP contribution in [0.15, 0.2) is 41.6 Å². The van der Waals surface area contributed by atoms with Crippen molar-refractivity contribution in [1.82, 2.24) is 5.32 Å². The van der Waals surface area contributed by atoms with Crippen molar-refractivity contribution >= 4 is 17.8 Å². The van der Waals surface area contributed by atoms with Crippen molar-refractivity contribution in [3.63, 3.8) is 0 Å². The largest absolute Gasteiger partial charge is 0.428 e. The van der Waals surface area contributed by atoms with Crippen LogP contribution in [0.1, 0.15) is 38.7 Å². The van der Waals surface area contributed by atoms with E-state index in [0.29, 0.717) is 11.3 Å². The van der Waals surface area contributed by atoms with E-state index in [1.54, 1.807) is 20.8 Å². The van der Waals surface area contributed by atoms with Crippen LogP contribution in [0.4, 0.5) is 0 Å². The Morgan fingerprint density at radius 3 is 2.50 bits per heavy atom. The molecule has 0 saturated carbocycles. The van der Waals surface area contributed by atoms with E-state index in [0.717, 1.165) is 5.56 Å². The van der Waals surface area contributed by atoms with Crippen LogP contribution in [0, 0.1) is 5.92 Å². The molecule has 128 valence electrons. The highest BCUT2D eigenvalue weighted by atomic mass is 16.7. The quantitative estimate of drug-likeness (QED) is 0.661. The molecule has 1 amide bonds. The molecule has 0 unspecified atom stereocenters. The van der Waals surface area contributed by atoms with E-state index < -0.39 is 18.7 Å². The standard InChI is InChI=1S/C18H21NO5/c1-11(2)17(21)23-10-24-18(22)16-12(3)19-15(20)9-14(16)13-7-5-4-6-8-13/h4-8,11,14H,9-10H2,1-3H3,(H,19,20)/t14-/m0/s1. The van der Waals surface area contributed by atoms with Crippen LogP contribution >= 0.6 is 0 Å². The second-order valence-corrected chi connectivity index (χ2v) is 5.92. The molecule has 2 rings (SSSR count). The van der Waals surface area contributed by atoms with Crippen LogP contribution in [-0.2, 0) is 23.9 Å². The summed E-state index contributed by atoms with van der Waals surface area (Å²) in [6.45, 7) is 4.60. The van der Waals surface area contributed by atoms with Crippen molar-refractivity contribution in [2.24, 2.45) is 5.92 Å². The molecular formula is C18H21NO5. The summed E-state index contributed by atoms with van der Waals surface area (Å²) >= 11 is 0. The molecule has 0 aromatic heterocycles. The van der Waals surface area contributed by atoms with E-state index in [4.69, 9.17) is 9.47 Å². The number of rotatable bonds is 5. The highest BCUT2D eigenvalue weighted by Crippen LogP contribution is 2.33. The number of hydrogen-bond donors (Lipinski definition) is 1. The normalized spacial score (nSPS) is 17.5. The Morgan fingerprint density at radius 1 is 1.21 bits per heavy atom. The number of benzene rings is 1. The molecule has 1 aromatic rings. The van der Waals surface area contributed by atoms with Gasteiger partial charge in [-0.3, -0.25) is 9.59 Å². The molecule has 6 nitrogen and oxygen atoms in total. The highest BCUT2D eigenvalue weighted by molar-refractivity contribution is 5.95. The molecule has 1 heterocycles. The molecule has 0 radical (unpaired) electrons. The van der Waals surface area contributed by atoms with Crippen LogP contribution in [0.3, 0.4) is 0 Å². The first-order chi connectivity index (χ1) is 11.4. The lowest BCUT2D eigenvalue weighted by atomic mass is 9.84. The van der Waals surface area contributed by atoms with Gasteiger partial charge >= 0.3 is 11.9 Å². The van der Waals surface area contributed by atoms with Gasteiger partial charge < -0.3 is 14.8 Å². The molecule has 1 atom stereocenters. The summed E-state index contributed by atoms with van der Waals surface area (Å²) < 4.78 is 9.94. The number of esters is 2. The van der Waals surface area contributed by atoms with Gasteiger partial charge in [-0.05, 0) is 12.5 Å². The van der Waals surface area contributed by atoms with Crippen LogP contribution in [0.5, 0.6) is 0 Å². The highest BCUT2D eigenvalue weighted by Gasteiger charge is 2.32. The minimum atomic E-state index is -0.599. The van der Waals surface area contributed by atoms with Crippen LogP contribution in [0.25, 0.3) is 0 Å². The van der Waals surface area contributed by atoms with E-state index >= 15 is 0 Å². The van der Waals surface area contributed by atoms with Crippen LogP contribution in [0.2, 0.25) is 0 Å². The Kier molecular flexibility index (Phi) is 5.73. The lowest BCUT2D eigenvalue weighted by molar-refractivity contribution is -0.167. The maximum absolute atomic E-state index is 12.4. The first-order valence-corrected chi connectivity index (χ1v) is 7.79. The van der Waals surface area contributed by atoms with Gasteiger partial charge in [-0.1, -0.05) is 44.2 Å². The first-order valence-electron chi connectivity index (χ1n) is 7.79. The van der Waals surface area contributed by atoms with E-state index in [1.807, 2.05) is 30.3 Å². The number of allylic oxidation sites excluding steroid dienone is 1. The molecule has 0 spiro atoms. The predicted octanol–water partition coefficient (Wildman–Crippen LogP) is 2.26. The van der Waals surface area contributed by atoms with Gasteiger partial charge in [-0.15, -0.1) is 0 Å². The van der Waals surface area contributed by atoms with E-state index in [-0.39, 0.29) is 24.2 Å². The average Bonchev–Trinajstić information content (AvgIpc) is 2.54. The summed E-state index contributed by atoms with van der Waals surface area (Å²) in [5, 5.41) is 2.66. The molecule has 1 aliphatic heterocycles. The first kappa shape index (κ1) is 17.7. The smallest absolute Gasteiger partial charge is 0.339 e. The number of carbonyl (C=O) groups is 3. The summed E-state index contributed by atoms with van der Waals surface area (Å²) in [5.74, 6) is -1.86. The van der Waals surface area contributed by atoms with Crippen molar-refractivity contribution in [2.45, 2.75) is 33.1 Å². The molecule has 1 aliphatic rings. The molecule has 0 saturated heterocycles. The molecule has 6 heteroatoms. The van der Waals surface area contributed by atoms with Crippen LogP contribution < -0.4 is 5.32 Å². The maximum atomic E-state index is 12.4. The summed E-state index contributed by atoms with van der Waals surface area (Å²) in [4.78, 5) is 35.7. The zero-order valence-corrected chi connectivity index (χ0v) is 14.0. The molecule has 1 aromatic carbocycles. The summed E-state index contributed by atoms with van der Waals surface area (Å²) in [6, 6.07) is 9.30. The molecule has 0 bridgehead atoms. The number of ether oxygens (including phenoxy) is 2. The third-order valence-electron chi connectivity index (χ3n) is 3.75. The zero-order chi connectivity index (χ0) is 17.7. The Balaban J connectivity index is 2.14. The van der Waals surface area contributed by atoms with Gasteiger partial charge in [0.15, 0.2) is 0 Å². The fraction of sp³-hybridized carbons (Fsp3) is 0.389. The van der Waals surface area contributed by atoms with Crippen LogP contribution in [-0.4, -0.2) is 24.6 Å². The molecule has 0 aliphatic carbocycles. The zero-order valence-electron chi connectivity index (χ0n) is 14.0. The number of amides is 1. The van der Waals surface area contributed by atoms with E-state index in [2.05, 4.69) is 5.32 Å². The lowest BCUT2D eigenvalue weighted by Gasteiger charge is -2.26. The van der Waals surface area contributed by atoms with Gasteiger partial charge in [0.25, 0.3) is 0 Å². The molecule has 1 N–H and O–H groups in total. The van der Waals surface area contributed by atoms with Gasteiger partial charge in [0.05, 0.1) is 11.5 Å². The number of nitrogens with one attached hydrogen (secondary N) is 1. The van der Waals surface area contributed by atoms with Gasteiger partial charge in [-0.2, -0.15) is 0 Å². The van der Waals surface area contributed by atoms with Crippen molar-refractivity contribution in [3.05, 3.63) is 47.2 Å². The Labute approximate surface area is 140 Å². The maximum Gasteiger partial charge on any atom is 0.339 e. The molecular weight excluding hydrogens is 310 g/mol. The molecule has 24 heavy (non-hydrogen) atoms. The third-order valence-corrected chi connectivity index (χ3v) is 3.75. The number of hydrogen-bond acceptors (Lipinski definition) is 5. The summed E-state index contributed by atoms with van der Waals surface area (Å²) in [6.07, 6.45) is 0.164. The van der Waals surface area contributed by atoms with Gasteiger partial charge in [0.2, 0.25) is 12.7 Å². The van der Waals surface area contributed by atoms with Crippen molar-refractivity contribution in [3.8, 4) is 0 Å². The van der Waals surface area contributed by atoms with Crippen molar-refractivity contribution in [2.75, 3.05) is 6.79 Å². The Hall–Kier alpha value is -2.63. The lowest BCUT2D eigenvalue weighted by Crippen LogP contribution is -2.34. The Bertz CT molecular complexity index is 663. The minimum absolute atomic E-state index is 0.149. The Morgan fingerprint density at radius 2 is 1.88 bits per heavy atom. The summed E-state index contributed by atoms with van der Waals surface area (Å²) in [7, 11) is 0. The monoisotopic (exact) mass is 331 g/mol. The minimum Gasteiger partial charge on any atom is -0.428 e. The number of carbonyl (C=O) groups excluding carboxylic acids is 3. The average molecular weight is 331 g/mol. The van der Waals surface area contributed by atoms with E-state index in [1.165, 1.54) is 0 Å².